The molecule has 2 heterocycles. The minimum Gasteiger partial charge on any atom is -0.369 e. The van der Waals surface area contributed by atoms with Crippen LogP contribution < -0.4 is 10.6 Å². The molecular weight excluding hydrogens is 359 g/mol. The van der Waals surface area contributed by atoms with E-state index in [1.807, 2.05) is 6.07 Å². The number of hydrogen-bond acceptors (Lipinski definition) is 5. The highest BCUT2D eigenvalue weighted by Gasteiger charge is 2.35. The third kappa shape index (κ3) is 5.08. The van der Waals surface area contributed by atoms with E-state index in [1.54, 1.807) is 29.2 Å². The van der Waals surface area contributed by atoms with Crippen LogP contribution in [0.2, 0.25) is 0 Å². The predicted octanol–water partition coefficient (Wildman–Crippen LogP) is 3.66. The summed E-state index contributed by atoms with van der Waals surface area (Å²) in [4.78, 5) is 21.1. The van der Waals surface area contributed by atoms with Gasteiger partial charge in [-0.15, -0.1) is 0 Å². The fraction of sp³-hybridized carbons (Fsp3) is 0.389. The van der Waals surface area contributed by atoms with Crippen molar-refractivity contribution in [3.05, 3.63) is 42.1 Å². The Hall–Kier alpha value is -2.84. The molecule has 9 heteroatoms. The van der Waals surface area contributed by atoms with E-state index in [-0.39, 0.29) is 24.2 Å². The van der Waals surface area contributed by atoms with Crippen molar-refractivity contribution in [3.8, 4) is 0 Å². The lowest BCUT2D eigenvalue weighted by atomic mass is 10.3. The number of benzene rings is 1. The van der Waals surface area contributed by atoms with Crippen molar-refractivity contribution in [2.24, 2.45) is 0 Å². The van der Waals surface area contributed by atoms with Crippen molar-refractivity contribution in [2.75, 3.05) is 30.3 Å². The van der Waals surface area contributed by atoms with Crippen molar-refractivity contribution in [1.29, 1.82) is 0 Å². The second-order valence-electron chi connectivity index (χ2n) is 6.21. The molecule has 1 aliphatic rings. The normalized spacial score (nSPS) is 14.5. The summed E-state index contributed by atoms with van der Waals surface area (Å²) in [5.74, 6) is -0.0996. The lowest BCUT2D eigenvalue weighted by Crippen LogP contribution is -2.27. The number of halogens is 3. The number of hydrogen-bond donors (Lipinski definition) is 2. The third-order valence-electron chi connectivity index (χ3n) is 4.19. The number of nitrogens with zero attached hydrogens (tertiary/aromatic N) is 3. The van der Waals surface area contributed by atoms with E-state index in [0.717, 1.165) is 12.6 Å². The van der Waals surface area contributed by atoms with Gasteiger partial charge in [0.2, 0.25) is 11.9 Å². The highest BCUT2D eigenvalue weighted by atomic mass is 19.4. The fourth-order valence-corrected chi connectivity index (χ4v) is 2.85. The van der Waals surface area contributed by atoms with Crippen LogP contribution in [-0.4, -0.2) is 40.4 Å². The molecule has 1 saturated heterocycles. The molecule has 1 aromatic carbocycles. The smallest absolute Gasteiger partial charge is 0.369 e. The number of nitrogens with one attached hydrogen (secondary N) is 2. The van der Waals surface area contributed by atoms with Gasteiger partial charge in [0.05, 0.1) is 0 Å². The summed E-state index contributed by atoms with van der Waals surface area (Å²) in [6.07, 6.45) is -1.87. The average molecular weight is 379 g/mol. The first-order valence-electron chi connectivity index (χ1n) is 8.71. The zero-order chi connectivity index (χ0) is 19.3. The first-order valence-corrected chi connectivity index (χ1v) is 8.71. The van der Waals surface area contributed by atoms with Crippen molar-refractivity contribution in [3.63, 3.8) is 0 Å². The van der Waals surface area contributed by atoms with Gasteiger partial charge in [0.1, 0.15) is 11.4 Å². The number of alkyl halides is 3. The fourth-order valence-electron chi connectivity index (χ4n) is 2.85. The van der Waals surface area contributed by atoms with E-state index in [4.69, 9.17) is 0 Å². The Balaban J connectivity index is 1.66. The van der Waals surface area contributed by atoms with Gasteiger partial charge in [0, 0.05) is 37.9 Å². The molecule has 0 atom stereocenters. The van der Waals surface area contributed by atoms with Gasteiger partial charge in [-0.25, -0.2) is 4.98 Å². The van der Waals surface area contributed by atoms with Crippen LogP contribution in [0, 0.1) is 0 Å². The summed E-state index contributed by atoms with van der Waals surface area (Å²) in [5.41, 5.74) is -0.242. The largest absolute Gasteiger partial charge is 0.421 e. The molecule has 1 aliphatic heterocycles. The Morgan fingerprint density at radius 1 is 1.19 bits per heavy atom. The lowest BCUT2D eigenvalue weighted by Gasteiger charge is -2.17. The molecule has 27 heavy (non-hydrogen) atoms. The predicted molar refractivity (Wildman–Crippen MR) is 95.7 cm³/mol. The van der Waals surface area contributed by atoms with Gasteiger partial charge >= 0.3 is 6.18 Å². The Kier molecular flexibility index (Phi) is 5.78. The molecule has 6 nitrogen and oxygen atoms in total. The Labute approximate surface area is 154 Å². The van der Waals surface area contributed by atoms with Gasteiger partial charge in [-0.3, -0.25) is 4.79 Å². The zero-order valence-electron chi connectivity index (χ0n) is 14.6. The van der Waals surface area contributed by atoms with Crippen LogP contribution in [-0.2, 0) is 11.0 Å². The van der Waals surface area contributed by atoms with Crippen molar-refractivity contribution in [2.45, 2.75) is 25.4 Å². The number of anilines is 3. The van der Waals surface area contributed by atoms with Gasteiger partial charge in [-0.2, -0.15) is 18.2 Å². The quantitative estimate of drug-likeness (QED) is 0.719. The maximum atomic E-state index is 13.2. The Morgan fingerprint density at radius 2 is 1.96 bits per heavy atom. The van der Waals surface area contributed by atoms with Gasteiger partial charge in [0.15, 0.2) is 0 Å². The second kappa shape index (κ2) is 8.24. The molecule has 3 rings (SSSR count). The van der Waals surface area contributed by atoms with Crippen LogP contribution in [0.1, 0.15) is 24.8 Å². The molecule has 2 N–H and O–H groups in total. The minimum atomic E-state index is -4.56. The second-order valence-corrected chi connectivity index (χ2v) is 6.21. The van der Waals surface area contributed by atoms with Crippen LogP contribution in [0.4, 0.5) is 30.6 Å². The molecule has 2 aromatic rings. The van der Waals surface area contributed by atoms with E-state index in [9.17, 15) is 18.0 Å². The van der Waals surface area contributed by atoms with E-state index < -0.39 is 11.7 Å². The first kappa shape index (κ1) is 18.9. The van der Waals surface area contributed by atoms with Crippen molar-refractivity contribution < 1.29 is 18.0 Å². The molecule has 1 fully saturated rings. The highest BCUT2D eigenvalue weighted by molar-refractivity contribution is 5.78. The number of likely N-dealkylation sites (tertiary alicyclic amines) is 1. The average Bonchev–Trinajstić information content (AvgIpc) is 3.04. The summed E-state index contributed by atoms with van der Waals surface area (Å²) in [6, 6.07) is 8.95. The number of rotatable bonds is 7. The summed E-state index contributed by atoms with van der Waals surface area (Å²) < 4.78 is 39.7. The first-order chi connectivity index (χ1) is 12.9. The number of carbonyl (C=O) groups is 1. The standard InChI is InChI=1S/C18H20F3N5O/c19-18(20,21)14-12-23-17(24-13-6-2-1-3-7-13)25-16(14)22-9-5-11-26-10-4-8-15(26)27/h1-3,6-7,12H,4-5,8-11H2,(H2,22,23,24,25). The van der Waals surface area contributed by atoms with Crippen LogP contribution in [0.5, 0.6) is 0 Å². The molecule has 0 saturated carbocycles. The number of carbonyl (C=O) groups excluding carboxylic acids is 1. The lowest BCUT2D eigenvalue weighted by molar-refractivity contribution is -0.137. The SMILES string of the molecule is O=C1CCCN1CCCNc1nc(Nc2ccccc2)ncc1C(F)(F)F. The summed E-state index contributed by atoms with van der Waals surface area (Å²) in [7, 11) is 0. The van der Waals surface area contributed by atoms with E-state index in [2.05, 4.69) is 20.6 Å². The van der Waals surface area contributed by atoms with Crippen LogP contribution >= 0.6 is 0 Å². The minimum absolute atomic E-state index is 0.0754. The monoisotopic (exact) mass is 379 g/mol. The Morgan fingerprint density at radius 3 is 2.63 bits per heavy atom. The Bertz CT molecular complexity index is 782. The highest BCUT2D eigenvalue weighted by Crippen LogP contribution is 2.34. The molecular formula is C18H20F3N5O. The van der Waals surface area contributed by atoms with E-state index in [1.165, 1.54) is 0 Å². The van der Waals surface area contributed by atoms with Crippen LogP contribution in [0.25, 0.3) is 0 Å². The summed E-state index contributed by atoms with van der Waals surface area (Å²) in [5, 5.41) is 5.62. The molecule has 0 unspecified atom stereocenters. The molecule has 1 amide bonds. The van der Waals surface area contributed by atoms with Gasteiger partial charge < -0.3 is 15.5 Å². The molecule has 144 valence electrons. The number of aromatic nitrogens is 2. The number of para-hydroxylation sites is 1. The van der Waals surface area contributed by atoms with Crippen LogP contribution in [0.15, 0.2) is 36.5 Å². The molecule has 0 bridgehead atoms. The third-order valence-corrected chi connectivity index (χ3v) is 4.19. The number of amides is 1. The van der Waals surface area contributed by atoms with Gasteiger partial charge in [-0.1, -0.05) is 18.2 Å². The van der Waals surface area contributed by atoms with Crippen LogP contribution in [0.3, 0.4) is 0 Å². The van der Waals surface area contributed by atoms with Crippen molar-refractivity contribution >= 4 is 23.4 Å². The summed E-state index contributed by atoms with van der Waals surface area (Å²) >= 11 is 0. The maximum absolute atomic E-state index is 13.2. The van der Waals surface area contributed by atoms with E-state index in [0.29, 0.717) is 31.6 Å². The van der Waals surface area contributed by atoms with Crippen molar-refractivity contribution in [1.82, 2.24) is 14.9 Å². The molecule has 0 radical (unpaired) electrons. The van der Waals surface area contributed by atoms with Gasteiger partial charge in [-0.05, 0) is 25.0 Å². The zero-order valence-corrected chi connectivity index (χ0v) is 14.6. The molecule has 0 aliphatic carbocycles. The molecule has 1 aromatic heterocycles. The topological polar surface area (TPSA) is 70.2 Å². The van der Waals surface area contributed by atoms with Gasteiger partial charge in [0.25, 0.3) is 0 Å². The van der Waals surface area contributed by atoms with E-state index >= 15 is 0 Å². The summed E-state index contributed by atoms with van der Waals surface area (Å²) in [6.45, 7) is 1.51. The maximum Gasteiger partial charge on any atom is 0.421 e. The molecule has 0 spiro atoms.